The van der Waals surface area contributed by atoms with Crippen LogP contribution in [0.25, 0.3) is 0 Å². The van der Waals surface area contributed by atoms with E-state index in [0.29, 0.717) is 0 Å². The van der Waals surface area contributed by atoms with Crippen molar-refractivity contribution < 1.29 is 0 Å². The molecule has 82 valence electrons. The van der Waals surface area contributed by atoms with Crippen LogP contribution < -0.4 is 10.2 Å². The Morgan fingerprint density at radius 2 is 1.93 bits per heavy atom. The van der Waals surface area contributed by atoms with Crippen LogP contribution in [0, 0.1) is 0 Å². The van der Waals surface area contributed by atoms with E-state index in [4.69, 9.17) is 0 Å². The van der Waals surface area contributed by atoms with Crippen molar-refractivity contribution in [1.82, 2.24) is 9.88 Å². The minimum atomic E-state index is 1.08. The second kappa shape index (κ2) is 4.49. The maximum Gasteiger partial charge on any atom is 0.0574 e. The van der Waals surface area contributed by atoms with Gasteiger partial charge in [0.15, 0.2) is 0 Å². The number of anilines is 2. The second-order valence-corrected chi connectivity index (χ2v) is 3.97. The molecular weight excluding hydrogens is 188 g/mol. The van der Waals surface area contributed by atoms with Crippen molar-refractivity contribution in [1.29, 1.82) is 0 Å². The fourth-order valence-corrected chi connectivity index (χ4v) is 1.80. The predicted molar refractivity (Wildman–Crippen MR) is 63.5 cm³/mol. The number of hydrogen-bond donors (Lipinski definition) is 1. The molecule has 0 aliphatic carbocycles. The fourth-order valence-electron chi connectivity index (χ4n) is 1.80. The predicted octanol–water partition coefficient (Wildman–Crippen LogP) is 0.875. The molecule has 1 fully saturated rings. The Kier molecular flexibility index (Phi) is 3.06. The number of likely N-dealkylation sites (N-methyl/N-ethyl adjacent to an activating group) is 1. The molecule has 1 aliphatic rings. The monoisotopic (exact) mass is 206 g/mol. The number of nitrogens with one attached hydrogen (secondary N) is 1. The summed E-state index contributed by atoms with van der Waals surface area (Å²) < 4.78 is 0. The highest BCUT2D eigenvalue weighted by Crippen LogP contribution is 2.18. The summed E-state index contributed by atoms with van der Waals surface area (Å²) in [5.74, 6) is 0. The van der Waals surface area contributed by atoms with Gasteiger partial charge in [0, 0.05) is 33.2 Å². The van der Waals surface area contributed by atoms with Crippen LogP contribution in [0.2, 0.25) is 0 Å². The van der Waals surface area contributed by atoms with Crippen molar-refractivity contribution in [3.63, 3.8) is 0 Å². The summed E-state index contributed by atoms with van der Waals surface area (Å²) in [4.78, 5) is 8.97. The number of aromatic nitrogens is 1. The third-order valence-electron chi connectivity index (χ3n) is 2.88. The molecule has 15 heavy (non-hydrogen) atoms. The van der Waals surface area contributed by atoms with Crippen LogP contribution in [0.15, 0.2) is 18.5 Å². The van der Waals surface area contributed by atoms with E-state index >= 15 is 0 Å². The van der Waals surface area contributed by atoms with Crippen LogP contribution in [-0.4, -0.2) is 50.2 Å². The lowest BCUT2D eigenvalue weighted by atomic mass is 10.3. The van der Waals surface area contributed by atoms with E-state index in [1.807, 2.05) is 19.4 Å². The lowest BCUT2D eigenvalue weighted by Gasteiger charge is -2.33. The summed E-state index contributed by atoms with van der Waals surface area (Å²) in [6, 6.07) is 2.15. The number of hydrogen-bond acceptors (Lipinski definition) is 4. The molecule has 0 amide bonds. The maximum atomic E-state index is 4.23. The summed E-state index contributed by atoms with van der Waals surface area (Å²) >= 11 is 0. The summed E-state index contributed by atoms with van der Waals surface area (Å²) in [6.07, 6.45) is 3.78. The van der Waals surface area contributed by atoms with Gasteiger partial charge in [0.1, 0.15) is 0 Å². The van der Waals surface area contributed by atoms with Crippen molar-refractivity contribution in [2.24, 2.45) is 0 Å². The zero-order chi connectivity index (χ0) is 10.7. The molecule has 0 atom stereocenters. The summed E-state index contributed by atoms with van der Waals surface area (Å²) in [5, 5.41) is 3.12. The molecule has 1 saturated heterocycles. The minimum Gasteiger partial charge on any atom is -0.387 e. The summed E-state index contributed by atoms with van der Waals surface area (Å²) in [5.41, 5.74) is 2.29. The highest BCUT2D eigenvalue weighted by Gasteiger charge is 2.14. The standard InChI is InChI=1S/C11H18N4/c1-12-10-7-11(9-13-8-10)15-5-3-14(2)4-6-15/h7-9,12H,3-6H2,1-2H3. The SMILES string of the molecule is CNc1cncc(N2CCN(C)CC2)c1. The summed E-state index contributed by atoms with van der Waals surface area (Å²) in [7, 11) is 4.09. The number of piperazine rings is 1. The quantitative estimate of drug-likeness (QED) is 0.778. The average molecular weight is 206 g/mol. The van der Waals surface area contributed by atoms with Crippen LogP contribution in [-0.2, 0) is 0 Å². The molecule has 2 heterocycles. The number of rotatable bonds is 2. The van der Waals surface area contributed by atoms with Crippen molar-refractivity contribution in [2.45, 2.75) is 0 Å². The molecule has 0 radical (unpaired) electrons. The Bertz CT molecular complexity index is 318. The fraction of sp³-hybridized carbons (Fsp3) is 0.545. The van der Waals surface area contributed by atoms with Crippen LogP contribution >= 0.6 is 0 Å². The van der Waals surface area contributed by atoms with Gasteiger partial charge in [0.2, 0.25) is 0 Å². The number of nitrogens with zero attached hydrogens (tertiary/aromatic N) is 3. The van der Waals surface area contributed by atoms with Crippen LogP contribution in [0.3, 0.4) is 0 Å². The first-order valence-electron chi connectivity index (χ1n) is 5.36. The molecular formula is C11H18N4. The first kappa shape index (κ1) is 10.2. The zero-order valence-electron chi connectivity index (χ0n) is 9.40. The maximum absolute atomic E-state index is 4.23. The lowest BCUT2D eigenvalue weighted by molar-refractivity contribution is 0.313. The Morgan fingerprint density at radius 3 is 2.60 bits per heavy atom. The largest absolute Gasteiger partial charge is 0.387 e. The lowest BCUT2D eigenvalue weighted by Crippen LogP contribution is -2.44. The number of pyridine rings is 1. The highest BCUT2D eigenvalue weighted by atomic mass is 15.2. The van der Waals surface area contributed by atoms with Gasteiger partial charge >= 0.3 is 0 Å². The van der Waals surface area contributed by atoms with E-state index in [1.165, 1.54) is 5.69 Å². The van der Waals surface area contributed by atoms with E-state index in [-0.39, 0.29) is 0 Å². The molecule has 1 N–H and O–H groups in total. The third-order valence-corrected chi connectivity index (χ3v) is 2.88. The van der Waals surface area contributed by atoms with Crippen molar-refractivity contribution in [2.75, 3.05) is 50.5 Å². The van der Waals surface area contributed by atoms with Gasteiger partial charge < -0.3 is 15.1 Å². The zero-order valence-corrected chi connectivity index (χ0v) is 9.40. The molecule has 0 bridgehead atoms. The third kappa shape index (κ3) is 2.39. The molecule has 2 rings (SSSR count). The van der Waals surface area contributed by atoms with Gasteiger partial charge in [0.05, 0.1) is 23.8 Å². The van der Waals surface area contributed by atoms with Gasteiger partial charge in [-0.05, 0) is 13.1 Å². The van der Waals surface area contributed by atoms with E-state index in [9.17, 15) is 0 Å². The van der Waals surface area contributed by atoms with Gasteiger partial charge in [-0.2, -0.15) is 0 Å². The summed E-state index contributed by atoms with van der Waals surface area (Å²) in [6.45, 7) is 4.43. The van der Waals surface area contributed by atoms with Crippen LogP contribution in [0.4, 0.5) is 11.4 Å². The minimum absolute atomic E-state index is 1.08. The smallest absolute Gasteiger partial charge is 0.0574 e. The Labute approximate surface area is 90.9 Å². The van der Waals surface area contributed by atoms with Crippen molar-refractivity contribution in [3.05, 3.63) is 18.5 Å². The molecule has 0 spiro atoms. The molecule has 1 aliphatic heterocycles. The van der Waals surface area contributed by atoms with E-state index in [0.717, 1.165) is 31.9 Å². The molecule has 1 aromatic rings. The molecule has 4 nitrogen and oxygen atoms in total. The van der Waals surface area contributed by atoms with E-state index < -0.39 is 0 Å². The molecule has 0 aromatic carbocycles. The van der Waals surface area contributed by atoms with Crippen molar-refractivity contribution >= 4 is 11.4 Å². The molecule has 0 unspecified atom stereocenters. The van der Waals surface area contributed by atoms with E-state index in [1.54, 1.807) is 0 Å². The van der Waals surface area contributed by atoms with Crippen LogP contribution in [0.5, 0.6) is 0 Å². The molecule has 0 saturated carbocycles. The molecule has 1 aromatic heterocycles. The first-order chi connectivity index (χ1) is 7.29. The Hall–Kier alpha value is -1.29. The van der Waals surface area contributed by atoms with Gasteiger partial charge in [-0.1, -0.05) is 0 Å². The van der Waals surface area contributed by atoms with Crippen molar-refractivity contribution in [3.8, 4) is 0 Å². The van der Waals surface area contributed by atoms with Gasteiger partial charge in [0.25, 0.3) is 0 Å². The van der Waals surface area contributed by atoms with E-state index in [2.05, 4.69) is 33.2 Å². The second-order valence-electron chi connectivity index (χ2n) is 3.97. The van der Waals surface area contributed by atoms with Crippen LogP contribution in [0.1, 0.15) is 0 Å². The first-order valence-corrected chi connectivity index (χ1v) is 5.36. The van der Waals surface area contributed by atoms with Gasteiger partial charge in [-0.25, -0.2) is 0 Å². The van der Waals surface area contributed by atoms with Gasteiger partial charge in [-0.15, -0.1) is 0 Å². The Morgan fingerprint density at radius 1 is 1.20 bits per heavy atom. The highest BCUT2D eigenvalue weighted by molar-refractivity contribution is 5.55. The Balaban J connectivity index is 2.08. The average Bonchev–Trinajstić information content (AvgIpc) is 2.30. The normalized spacial score (nSPS) is 17.9. The molecule has 4 heteroatoms. The topological polar surface area (TPSA) is 31.4 Å². The van der Waals surface area contributed by atoms with Gasteiger partial charge in [-0.3, -0.25) is 4.98 Å².